The highest BCUT2D eigenvalue weighted by Crippen LogP contribution is 2.44. The highest BCUT2D eigenvalue weighted by molar-refractivity contribution is 6.06. The summed E-state index contributed by atoms with van der Waals surface area (Å²) in [6.07, 6.45) is 0.996. The average molecular weight is 383 g/mol. The Morgan fingerprint density at radius 1 is 0.467 bits per heavy atom. The van der Waals surface area contributed by atoms with Gasteiger partial charge in [-0.15, -0.1) is 0 Å². The molecule has 0 radical (unpaired) electrons. The van der Waals surface area contributed by atoms with Gasteiger partial charge in [-0.05, 0) is 73.8 Å². The Bertz CT molecular complexity index is 1410. The van der Waals surface area contributed by atoms with Gasteiger partial charge in [0, 0.05) is 5.69 Å². The quantitative estimate of drug-likeness (QED) is 0.311. The second kappa shape index (κ2) is 6.60. The fraction of sp³-hybridized carbons (Fsp3) is 0.0345. The first-order chi connectivity index (χ1) is 14.8. The first-order valence-corrected chi connectivity index (χ1v) is 10.4. The number of fused-ring (bicyclic) bond motifs is 4. The smallest absolute Gasteiger partial charge is 0.0314 e. The standard InChI is InChI=1S/C29H21N/c30-21-14-12-19(13-15-21)23-16-17-28(26-9-4-3-8-24(23)26)27-11-5-10-25-22-7-2-1-6-20(22)18-29(25)27/h1-17H,18,30H2. The van der Waals surface area contributed by atoms with E-state index in [9.17, 15) is 0 Å². The number of benzene rings is 5. The van der Waals surface area contributed by atoms with Gasteiger partial charge in [0.15, 0.2) is 0 Å². The molecule has 1 aliphatic rings. The summed E-state index contributed by atoms with van der Waals surface area (Å²) in [6, 6.07) is 36.9. The maximum atomic E-state index is 5.91. The first-order valence-electron chi connectivity index (χ1n) is 10.4. The molecule has 5 aromatic rings. The summed E-state index contributed by atoms with van der Waals surface area (Å²) >= 11 is 0. The summed E-state index contributed by atoms with van der Waals surface area (Å²) in [5.41, 5.74) is 17.4. The molecule has 0 bridgehead atoms. The van der Waals surface area contributed by atoms with Crippen molar-refractivity contribution >= 4 is 16.5 Å². The monoisotopic (exact) mass is 383 g/mol. The predicted molar refractivity (Wildman–Crippen MR) is 127 cm³/mol. The highest BCUT2D eigenvalue weighted by Gasteiger charge is 2.22. The van der Waals surface area contributed by atoms with E-state index in [1.165, 1.54) is 55.3 Å². The Morgan fingerprint density at radius 3 is 1.87 bits per heavy atom. The Hall–Kier alpha value is -3.84. The number of anilines is 1. The zero-order valence-electron chi connectivity index (χ0n) is 16.6. The molecule has 0 aliphatic heterocycles. The van der Waals surface area contributed by atoms with Crippen LogP contribution < -0.4 is 5.73 Å². The Balaban J connectivity index is 1.58. The molecule has 30 heavy (non-hydrogen) atoms. The van der Waals surface area contributed by atoms with Crippen LogP contribution in [-0.4, -0.2) is 0 Å². The Morgan fingerprint density at radius 2 is 1.07 bits per heavy atom. The van der Waals surface area contributed by atoms with E-state index in [4.69, 9.17) is 5.73 Å². The van der Waals surface area contributed by atoms with Crippen molar-refractivity contribution in [3.05, 3.63) is 114 Å². The molecule has 0 spiro atoms. The molecule has 142 valence electrons. The van der Waals surface area contributed by atoms with Crippen LogP contribution in [0.4, 0.5) is 5.69 Å². The van der Waals surface area contributed by atoms with Gasteiger partial charge in [0.05, 0.1) is 0 Å². The van der Waals surface area contributed by atoms with Crippen LogP contribution in [0.3, 0.4) is 0 Å². The fourth-order valence-corrected chi connectivity index (χ4v) is 4.86. The van der Waals surface area contributed by atoms with Crippen LogP contribution in [0.5, 0.6) is 0 Å². The number of rotatable bonds is 2. The van der Waals surface area contributed by atoms with Crippen LogP contribution in [-0.2, 0) is 6.42 Å². The van der Waals surface area contributed by atoms with E-state index in [2.05, 4.69) is 91.0 Å². The van der Waals surface area contributed by atoms with Crippen molar-refractivity contribution in [1.82, 2.24) is 0 Å². The molecule has 1 heteroatoms. The Labute approximate surface area is 176 Å². The fourth-order valence-electron chi connectivity index (χ4n) is 4.86. The van der Waals surface area contributed by atoms with Gasteiger partial charge in [-0.2, -0.15) is 0 Å². The summed E-state index contributed by atoms with van der Waals surface area (Å²) < 4.78 is 0. The van der Waals surface area contributed by atoms with Crippen LogP contribution in [0, 0.1) is 0 Å². The van der Waals surface area contributed by atoms with Gasteiger partial charge >= 0.3 is 0 Å². The van der Waals surface area contributed by atoms with Gasteiger partial charge in [0.2, 0.25) is 0 Å². The van der Waals surface area contributed by atoms with Crippen LogP contribution in [0.15, 0.2) is 103 Å². The number of hydrogen-bond acceptors (Lipinski definition) is 1. The van der Waals surface area contributed by atoms with E-state index >= 15 is 0 Å². The molecular weight excluding hydrogens is 362 g/mol. The third-order valence-corrected chi connectivity index (χ3v) is 6.29. The van der Waals surface area contributed by atoms with E-state index in [1.54, 1.807) is 0 Å². The molecule has 2 N–H and O–H groups in total. The molecular formula is C29H21N. The molecule has 0 atom stereocenters. The van der Waals surface area contributed by atoms with Crippen molar-refractivity contribution in [2.45, 2.75) is 6.42 Å². The zero-order chi connectivity index (χ0) is 20.1. The van der Waals surface area contributed by atoms with Gasteiger partial charge in [-0.1, -0.05) is 91.0 Å². The number of hydrogen-bond donors (Lipinski definition) is 1. The van der Waals surface area contributed by atoms with Gasteiger partial charge < -0.3 is 5.73 Å². The predicted octanol–water partition coefficient (Wildman–Crippen LogP) is 7.33. The lowest BCUT2D eigenvalue weighted by molar-refractivity contribution is 1.26. The maximum Gasteiger partial charge on any atom is 0.0314 e. The van der Waals surface area contributed by atoms with Crippen molar-refractivity contribution in [3.63, 3.8) is 0 Å². The zero-order valence-corrected chi connectivity index (χ0v) is 16.6. The van der Waals surface area contributed by atoms with Gasteiger partial charge in [-0.3, -0.25) is 0 Å². The van der Waals surface area contributed by atoms with Crippen LogP contribution in [0.25, 0.3) is 44.2 Å². The van der Waals surface area contributed by atoms with Crippen LogP contribution in [0.1, 0.15) is 11.1 Å². The van der Waals surface area contributed by atoms with Gasteiger partial charge in [-0.25, -0.2) is 0 Å². The molecule has 0 unspecified atom stereocenters. The lowest BCUT2D eigenvalue weighted by Gasteiger charge is -2.15. The second-order valence-electron chi connectivity index (χ2n) is 7.99. The molecule has 0 fully saturated rings. The summed E-state index contributed by atoms with van der Waals surface area (Å²) in [5, 5.41) is 2.56. The molecule has 0 saturated carbocycles. The van der Waals surface area contributed by atoms with Crippen molar-refractivity contribution in [2.24, 2.45) is 0 Å². The van der Waals surface area contributed by atoms with Crippen molar-refractivity contribution in [1.29, 1.82) is 0 Å². The molecule has 6 rings (SSSR count). The number of nitrogens with two attached hydrogens (primary N) is 1. The molecule has 1 aliphatic carbocycles. The molecule has 0 saturated heterocycles. The lowest BCUT2D eigenvalue weighted by Crippen LogP contribution is -1.91. The summed E-state index contributed by atoms with van der Waals surface area (Å²) in [5.74, 6) is 0. The molecule has 0 aromatic heterocycles. The van der Waals surface area contributed by atoms with Crippen molar-refractivity contribution in [3.8, 4) is 33.4 Å². The first kappa shape index (κ1) is 17.1. The van der Waals surface area contributed by atoms with Crippen molar-refractivity contribution in [2.75, 3.05) is 5.73 Å². The van der Waals surface area contributed by atoms with Crippen molar-refractivity contribution < 1.29 is 0 Å². The van der Waals surface area contributed by atoms with E-state index in [1.807, 2.05) is 12.1 Å². The van der Waals surface area contributed by atoms with Gasteiger partial charge in [0.25, 0.3) is 0 Å². The lowest BCUT2D eigenvalue weighted by atomic mass is 9.89. The van der Waals surface area contributed by atoms with Crippen LogP contribution >= 0.6 is 0 Å². The minimum atomic E-state index is 0.791. The summed E-state index contributed by atoms with van der Waals surface area (Å²) in [4.78, 5) is 0. The SMILES string of the molecule is Nc1ccc(-c2ccc(-c3cccc4c3Cc3ccccc3-4)c3ccccc23)cc1. The maximum absolute atomic E-state index is 5.91. The molecule has 0 heterocycles. The van der Waals surface area contributed by atoms with Crippen LogP contribution in [0.2, 0.25) is 0 Å². The second-order valence-corrected chi connectivity index (χ2v) is 7.99. The topological polar surface area (TPSA) is 26.0 Å². The normalized spacial score (nSPS) is 12.0. The molecule has 5 aromatic carbocycles. The average Bonchev–Trinajstić information content (AvgIpc) is 3.18. The third kappa shape index (κ3) is 2.56. The van der Waals surface area contributed by atoms with E-state index < -0.39 is 0 Å². The van der Waals surface area contributed by atoms with E-state index in [0.29, 0.717) is 0 Å². The largest absolute Gasteiger partial charge is 0.399 e. The highest BCUT2D eigenvalue weighted by atomic mass is 14.5. The third-order valence-electron chi connectivity index (χ3n) is 6.29. The van der Waals surface area contributed by atoms with Gasteiger partial charge in [0.1, 0.15) is 0 Å². The van der Waals surface area contributed by atoms with E-state index in [-0.39, 0.29) is 0 Å². The Kier molecular flexibility index (Phi) is 3.75. The molecule has 0 amide bonds. The van der Waals surface area contributed by atoms with E-state index in [0.717, 1.165) is 12.1 Å². The minimum absolute atomic E-state index is 0.791. The number of nitrogen functional groups attached to an aromatic ring is 1. The molecule has 1 nitrogen and oxygen atoms in total. The summed E-state index contributed by atoms with van der Waals surface area (Å²) in [7, 11) is 0. The minimum Gasteiger partial charge on any atom is -0.399 e. The summed E-state index contributed by atoms with van der Waals surface area (Å²) in [6.45, 7) is 0.